The molecule has 1 unspecified atom stereocenters. The highest BCUT2D eigenvalue weighted by molar-refractivity contribution is 6.43. The zero-order chi connectivity index (χ0) is 20.1. The van der Waals surface area contributed by atoms with Gasteiger partial charge in [-0.3, -0.25) is 14.5 Å². The van der Waals surface area contributed by atoms with E-state index in [0.29, 0.717) is 10.7 Å². The van der Waals surface area contributed by atoms with Crippen LogP contribution in [-0.2, 0) is 14.4 Å². The van der Waals surface area contributed by atoms with Crippen molar-refractivity contribution >= 4 is 40.8 Å². The summed E-state index contributed by atoms with van der Waals surface area (Å²) in [6, 6.07) is 12.6. The largest absolute Gasteiger partial charge is 0.423 e. The average molecular weight is 402 g/mol. The topological polar surface area (TPSA) is 87.7 Å². The number of para-hydroxylation sites is 2. The first kappa shape index (κ1) is 19.9. The molecule has 8 heteroatoms. The van der Waals surface area contributed by atoms with Crippen molar-refractivity contribution in [3.8, 4) is 5.75 Å². The number of rotatable bonds is 4. The van der Waals surface area contributed by atoms with E-state index in [2.05, 4.69) is 10.6 Å². The van der Waals surface area contributed by atoms with E-state index in [1.54, 1.807) is 48.5 Å². The first-order valence-corrected chi connectivity index (χ1v) is 9.20. The molecule has 3 rings (SSSR count). The number of benzene rings is 2. The van der Waals surface area contributed by atoms with Crippen molar-refractivity contribution in [2.75, 3.05) is 24.2 Å². The van der Waals surface area contributed by atoms with Gasteiger partial charge in [-0.1, -0.05) is 23.7 Å². The summed E-state index contributed by atoms with van der Waals surface area (Å²) in [6.07, 6.45) is 1.66. The maximum atomic E-state index is 12.4. The molecule has 1 aliphatic rings. The van der Waals surface area contributed by atoms with Crippen LogP contribution in [0.1, 0.15) is 12.8 Å². The van der Waals surface area contributed by atoms with Crippen LogP contribution >= 0.6 is 11.6 Å². The van der Waals surface area contributed by atoms with Gasteiger partial charge < -0.3 is 15.4 Å². The van der Waals surface area contributed by atoms with Gasteiger partial charge in [-0.25, -0.2) is 4.79 Å². The molecule has 28 heavy (non-hydrogen) atoms. The standard InChI is InChI=1S/C20H20ClN3O4/c1-24-12-4-6-16(24)20(27)28-17-7-3-2-5-15(17)23-19(26)18(25)22-14-10-8-13(21)9-11-14/h2-3,5,7-11,16H,4,6,12H2,1H3,(H,22,25)(H,23,26). The lowest BCUT2D eigenvalue weighted by atomic mass is 10.2. The van der Waals surface area contributed by atoms with E-state index in [9.17, 15) is 14.4 Å². The van der Waals surface area contributed by atoms with E-state index in [-0.39, 0.29) is 23.4 Å². The number of amides is 2. The van der Waals surface area contributed by atoms with Crippen molar-refractivity contribution < 1.29 is 19.1 Å². The Labute approximate surface area is 167 Å². The molecule has 2 aromatic rings. The Morgan fingerprint density at radius 1 is 1.04 bits per heavy atom. The monoisotopic (exact) mass is 401 g/mol. The molecule has 1 atom stereocenters. The van der Waals surface area contributed by atoms with Gasteiger partial charge in [0.1, 0.15) is 6.04 Å². The number of likely N-dealkylation sites (tertiary alicyclic amines) is 1. The highest BCUT2D eigenvalue weighted by atomic mass is 35.5. The van der Waals surface area contributed by atoms with Gasteiger partial charge in [0.2, 0.25) is 0 Å². The number of nitrogens with zero attached hydrogens (tertiary/aromatic N) is 1. The molecule has 146 valence electrons. The molecule has 1 heterocycles. The molecule has 7 nitrogen and oxygen atoms in total. The normalized spacial score (nSPS) is 16.4. The minimum absolute atomic E-state index is 0.195. The zero-order valence-corrected chi connectivity index (χ0v) is 16.0. The molecule has 2 N–H and O–H groups in total. The number of ether oxygens (including phenoxy) is 1. The van der Waals surface area contributed by atoms with Gasteiger partial charge in [-0.2, -0.15) is 0 Å². The van der Waals surface area contributed by atoms with Gasteiger partial charge in [0.15, 0.2) is 5.75 Å². The van der Waals surface area contributed by atoms with E-state index < -0.39 is 11.8 Å². The van der Waals surface area contributed by atoms with Crippen LogP contribution in [0, 0.1) is 0 Å². The molecular weight excluding hydrogens is 382 g/mol. The number of halogens is 1. The van der Waals surface area contributed by atoms with Crippen LogP contribution in [0.25, 0.3) is 0 Å². The minimum atomic E-state index is -0.878. The SMILES string of the molecule is CN1CCCC1C(=O)Oc1ccccc1NC(=O)C(=O)Nc1ccc(Cl)cc1. The molecule has 0 aromatic heterocycles. The lowest BCUT2D eigenvalue weighted by Crippen LogP contribution is -2.36. The summed E-state index contributed by atoms with van der Waals surface area (Å²) in [7, 11) is 1.87. The number of carbonyl (C=O) groups is 3. The van der Waals surface area contributed by atoms with Crippen molar-refractivity contribution in [2.24, 2.45) is 0 Å². The summed E-state index contributed by atoms with van der Waals surface area (Å²) >= 11 is 5.80. The molecular formula is C20H20ClN3O4. The van der Waals surface area contributed by atoms with E-state index in [4.69, 9.17) is 16.3 Å². The molecule has 2 amide bonds. The fourth-order valence-electron chi connectivity index (χ4n) is 2.94. The molecule has 0 radical (unpaired) electrons. The summed E-state index contributed by atoms with van der Waals surface area (Å²) in [5, 5.41) is 5.48. The fraction of sp³-hybridized carbons (Fsp3) is 0.250. The Kier molecular flexibility index (Phi) is 6.28. The van der Waals surface area contributed by atoms with Gasteiger partial charge in [0.05, 0.1) is 5.69 Å². The van der Waals surface area contributed by atoms with Crippen LogP contribution in [0.15, 0.2) is 48.5 Å². The van der Waals surface area contributed by atoms with E-state index in [1.165, 1.54) is 0 Å². The van der Waals surface area contributed by atoms with Crippen molar-refractivity contribution in [1.29, 1.82) is 0 Å². The Morgan fingerprint density at radius 3 is 2.39 bits per heavy atom. The van der Waals surface area contributed by atoms with Crippen molar-refractivity contribution in [3.63, 3.8) is 0 Å². The fourth-order valence-corrected chi connectivity index (χ4v) is 3.07. The lowest BCUT2D eigenvalue weighted by Gasteiger charge is -2.18. The second kappa shape index (κ2) is 8.86. The number of anilines is 2. The number of hydrogen-bond donors (Lipinski definition) is 2. The number of likely N-dealkylation sites (N-methyl/N-ethyl adjacent to an activating group) is 1. The summed E-state index contributed by atoms with van der Waals surface area (Å²) in [4.78, 5) is 38.7. The third-order valence-electron chi connectivity index (χ3n) is 4.45. The Hall–Kier alpha value is -2.90. The van der Waals surface area contributed by atoms with Crippen molar-refractivity contribution in [1.82, 2.24) is 4.90 Å². The molecule has 1 aliphatic heterocycles. The number of carbonyl (C=O) groups excluding carboxylic acids is 3. The summed E-state index contributed by atoms with van der Waals surface area (Å²) in [5.74, 6) is -1.91. The van der Waals surface area contributed by atoms with Gasteiger partial charge in [-0.05, 0) is 62.8 Å². The minimum Gasteiger partial charge on any atom is -0.423 e. The number of nitrogens with one attached hydrogen (secondary N) is 2. The molecule has 2 aromatic carbocycles. The second-order valence-electron chi connectivity index (χ2n) is 6.47. The predicted octanol–water partition coefficient (Wildman–Crippen LogP) is 2.92. The van der Waals surface area contributed by atoms with Gasteiger partial charge in [0, 0.05) is 10.7 Å². The van der Waals surface area contributed by atoms with Crippen molar-refractivity contribution in [2.45, 2.75) is 18.9 Å². The van der Waals surface area contributed by atoms with Crippen LogP contribution in [0.2, 0.25) is 5.02 Å². The summed E-state index contributed by atoms with van der Waals surface area (Å²) in [5.41, 5.74) is 0.682. The third-order valence-corrected chi connectivity index (χ3v) is 4.70. The van der Waals surface area contributed by atoms with E-state index >= 15 is 0 Å². The lowest BCUT2D eigenvalue weighted by molar-refractivity contribution is -0.138. The maximum Gasteiger partial charge on any atom is 0.328 e. The molecule has 1 saturated heterocycles. The van der Waals surface area contributed by atoms with Crippen LogP contribution in [0.4, 0.5) is 11.4 Å². The zero-order valence-electron chi connectivity index (χ0n) is 15.3. The first-order chi connectivity index (χ1) is 13.4. The summed E-state index contributed by atoms with van der Waals surface area (Å²) < 4.78 is 5.47. The molecule has 0 spiro atoms. The molecule has 1 fully saturated rings. The maximum absolute atomic E-state index is 12.4. The molecule has 0 saturated carbocycles. The Morgan fingerprint density at radius 2 is 1.71 bits per heavy atom. The van der Waals surface area contributed by atoms with Gasteiger partial charge in [0.25, 0.3) is 0 Å². The number of esters is 1. The molecule has 0 aliphatic carbocycles. The Bertz CT molecular complexity index is 885. The van der Waals surface area contributed by atoms with Gasteiger partial charge >= 0.3 is 17.8 Å². The van der Waals surface area contributed by atoms with Crippen molar-refractivity contribution in [3.05, 3.63) is 53.6 Å². The average Bonchev–Trinajstić information content (AvgIpc) is 3.11. The predicted molar refractivity (Wildman–Crippen MR) is 106 cm³/mol. The highest BCUT2D eigenvalue weighted by Crippen LogP contribution is 2.26. The number of hydrogen-bond acceptors (Lipinski definition) is 5. The summed E-state index contributed by atoms with van der Waals surface area (Å²) in [6.45, 7) is 0.836. The third kappa shape index (κ3) is 4.88. The first-order valence-electron chi connectivity index (χ1n) is 8.83. The van der Waals surface area contributed by atoms with Crippen LogP contribution in [0.3, 0.4) is 0 Å². The second-order valence-corrected chi connectivity index (χ2v) is 6.91. The molecule has 0 bridgehead atoms. The van der Waals surface area contributed by atoms with Crippen LogP contribution in [-0.4, -0.2) is 42.3 Å². The highest BCUT2D eigenvalue weighted by Gasteiger charge is 2.30. The van der Waals surface area contributed by atoms with Gasteiger partial charge in [-0.15, -0.1) is 0 Å². The van der Waals surface area contributed by atoms with E-state index in [0.717, 1.165) is 19.4 Å². The Balaban J connectivity index is 1.65. The van der Waals surface area contributed by atoms with E-state index in [1.807, 2.05) is 11.9 Å². The van der Waals surface area contributed by atoms with Crippen LogP contribution in [0.5, 0.6) is 5.75 Å². The smallest absolute Gasteiger partial charge is 0.328 e. The quantitative estimate of drug-likeness (QED) is 0.467. The van der Waals surface area contributed by atoms with Crippen LogP contribution < -0.4 is 15.4 Å².